The number of carbonyl (C=O) groups is 2. The smallest absolute Gasteiger partial charge is 0.272 e. The number of carbonyl (C=O) groups excluding carboxylic acids is 2. The van der Waals surface area contributed by atoms with E-state index >= 15 is 0 Å². The lowest BCUT2D eigenvalue weighted by atomic mass is 10.3. The van der Waals surface area contributed by atoms with E-state index in [0.29, 0.717) is 18.8 Å². The molecule has 1 N–H and O–H groups in total. The van der Waals surface area contributed by atoms with Crippen LogP contribution in [0.3, 0.4) is 0 Å². The Morgan fingerprint density at radius 1 is 1.50 bits per heavy atom. The van der Waals surface area contributed by atoms with Crippen LogP contribution in [0.5, 0.6) is 0 Å². The molecule has 5 nitrogen and oxygen atoms in total. The SMILES string of the molecule is O=C1CN(C(=O)c2ccc(Br)cn2)CCN1. The molecule has 1 aliphatic heterocycles. The average molecular weight is 284 g/mol. The summed E-state index contributed by atoms with van der Waals surface area (Å²) in [5.41, 5.74) is 0.359. The van der Waals surface area contributed by atoms with Crippen LogP contribution in [-0.4, -0.2) is 41.3 Å². The number of piperazine rings is 1. The van der Waals surface area contributed by atoms with E-state index in [1.165, 1.54) is 4.90 Å². The number of hydrogen-bond donors (Lipinski definition) is 1. The molecule has 2 heterocycles. The quantitative estimate of drug-likeness (QED) is 0.812. The third-order valence-electron chi connectivity index (χ3n) is 2.27. The Balaban J connectivity index is 2.12. The van der Waals surface area contributed by atoms with Crippen LogP contribution in [0.15, 0.2) is 22.8 Å². The van der Waals surface area contributed by atoms with E-state index in [1.807, 2.05) is 0 Å². The van der Waals surface area contributed by atoms with Crippen molar-refractivity contribution in [2.45, 2.75) is 0 Å². The molecule has 0 saturated carbocycles. The predicted octanol–water partition coefficient (Wildman–Crippen LogP) is 0.416. The van der Waals surface area contributed by atoms with Crippen molar-refractivity contribution in [2.24, 2.45) is 0 Å². The van der Waals surface area contributed by atoms with Crippen LogP contribution in [0.1, 0.15) is 10.5 Å². The molecule has 2 amide bonds. The van der Waals surface area contributed by atoms with Crippen LogP contribution in [0, 0.1) is 0 Å². The van der Waals surface area contributed by atoms with Crippen LogP contribution in [0.2, 0.25) is 0 Å². The molecule has 0 aromatic carbocycles. The molecule has 1 aromatic heterocycles. The maximum Gasteiger partial charge on any atom is 0.272 e. The van der Waals surface area contributed by atoms with E-state index in [1.54, 1.807) is 18.3 Å². The first-order valence-corrected chi connectivity index (χ1v) is 5.63. The van der Waals surface area contributed by atoms with E-state index in [0.717, 1.165) is 4.47 Å². The second-order valence-corrected chi connectivity index (χ2v) is 4.35. The number of aromatic nitrogens is 1. The van der Waals surface area contributed by atoms with Gasteiger partial charge in [0.1, 0.15) is 5.69 Å². The molecule has 0 bridgehead atoms. The zero-order chi connectivity index (χ0) is 11.5. The summed E-state index contributed by atoms with van der Waals surface area (Å²) in [6.45, 7) is 1.14. The van der Waals surface area contributed by atoms with Crippen molar-refractivity contribution in [2.75, 3.05) is 19.6 Å². The summed E-state index contributed by atoms with van der Waals surface area (Å²) in [6, 6.07) is 3.39. The second-order valence-electron chi connectivity index (χ2n) is 3.44. The number of nitrogens with one attached hydrogen (secondary N) is 1. The third kappa shape index (κ3) is 2.38. The maximum atomic E-state index is 11.9. The summed E-state index contributed by atoms with van der Waals surface area (Å²) >= 11 is 3.25. The number of halogens is 1. The van der Waals surface area contributed by atoms with Crippen molar-refractivity contribution in [3.63, 3.8) is 0 Å². The van der Waals surface area contributed by atoms with Gasteiger partial charge in [-0.15, -0.1) is 0 Å². The first-order chi connectivity index (χ1) is 7.66. The molecule has 1 aromatic rings. The van der Waals surface area contributed by atoms with Crippen molar-refractivity contribution < 1.29 is 9.59 Å². The fraction of sp³-hybridized carbons (Fsp3) is 0.300. The van der Waals surface area contributed by atoms with Crippen LogP contribution in [0.25, 0.3) is 0 Å². The van der Waals surface area contributed by atoms with Crippen LogP contribution >= 0.6 is 15.9 Å². The van der Waals surface area contributed by atoms with Gasteiger partial charge in [-0.25, -0.2) is 4.98 Å². The largest absolute Gasteiger partial charge is 0.353 e. The minimum absolute atomic E-state index is 0.108. The Hall–Kier alpha value is -1.43. The van der Waals surface area contributed by atoms with Crippen molar-refractivity contribution >= 4 is 27.7 Å². The Bertz CT molecular complexity index is 419. The van der Waals surface area contributed by atoms with Crippen LogP contribution in [-0.2, 0) is 4.79 Å². The Labute approximate surface area is 101 Å². The molecule has 0 aliphatic carbocycles. The molecule has 2 rings (SSSR count). The molecule has 84 valence electrons. The lowest BCUT2D eigenvalue weighted by Gasteiger charge is -2.26. The molecule has 1 fully saturated rings. The predicted molar refractivity (Wildman–Crippen MR) is 60.9 cm³/mol. The highest BCUT2D eigenvalue weighted by molar-refractivity contribution is 9.10. The van der Waals surface area contributed by atoms with Crippen molar-refractivity contribution in [1.82, 2.24) is 15.2 Å². The van der Waals surface area contributed by atoms with E-state index in [9.17, 15) is 9.59 Å². The summed E-state index contributed by atoms with van der Waals surface area (Å²) in [5, 5.41) is 2.67. The van der Waals surface area contributed by atoms with Gasteiger partial charge < -0.3 is 10.2 Å². The highest BCUT2D eigenvalue weighted by Gasteiger charge is 2.22. The zero-order valence-corrected chi connectivity index (χ0v) is 10.0. The van der Waals surface area contributed by atoms with E-state index in [2.05, 4.69) is 26.2 Å². The van der Waals surface area contributed by atoms with Gasteiger partial charge in [0.05, 0.1) is 6.54 Å². The van der Waals surface area contributed by atoms with Gasteiger partial charge in [0, 0.05) is 23.8 Å². The minimum atomic E-state index is -0.206. The van der Waals surface area contributed by atoms with Gasteiger partial charge in [0.15, 0.2) is 0 Å². The summed E-state index contributed by atoms with van der Waals surface area (Å²) < 4.78 is 0.820. The molecule has 0 spiro atoms. The van der Waals surface area contributed by atoms with Crippen LogP contribution in [0.4, 0.5) is 0 Å². The van der Waals surface area contributed by atoms with E-state index < -0.39 is 0 Å². The summed E-state index contributed by atoms with van der Waals surface area (Å²) in [5.74, 6) is -0.334. The van der Waals surface area contributed by atoms with Crippen molar-refractivity contribution in [1.29, 1.82) is 0 Å². The van der Waals surface area contributed by atoms with Gasteiger partial charge in [-0.2, -0.15) is 0 Å². The highest BCUT2D eigenvalue weighted by Crippen LogP contribution is 2.09. The lowest BCUT2D eigenvalue weighted by molar-refractivity contribution is -0.123. The lowest BCUT2D eigenvalue weighted by Crippen LogP contribution is -2.50. The fourth-order valence-corrected chi connectivity index (χ4v) is 1.71. The molecule has 0 radical (unpaired) electrons. The number of nitrogens with zero attached hydrogens (tertiary/aromatic N) is 2. The molecule has 1 aliphatic rings. The molecule has 1 saturated heterocycles. The van der Waals surface area contributed by atoms with Gasteiger partial charge in [0.2, 0.25) is 5.91 Å². The van der Waals surface area contributed by atoms with Crippen LogP contribution < -0.4 is 5.32 Å². The highest BCUT2D eigenvalue weighted by atomic mass is 79.9. The number of rotatable bonds is 1. The fourth-order valence-electron chi connectivity index (χ4n) is 1.48. The molecule has 6 heteroatoms. The van der Waals surface area contributed by atoms with Gasteiger partial charge >= 0.3 is 0 Å². The van der Waals surface area contributed by atoms with Gasteiger partial charge in [-0.1, -0.05) is 0 Å². The zero-order valence-electron chi connectivity index (χ0n) is 8.44. The first kappa shape index (κ1) is 11.1. The molecule has 0 atom stereocenters. The number of amides is 2. The summed E-state index contributed by atoms with van der Waals surface area (Å²) in [6.07, 6.45) is 1.57. The van der Waals surface area contributed by atoms with Crippen molar-refractivity contribution in [3.8, 4) is 0 Å². The van der Waals surface area contributed by atoms with Crippen molar-refractivity contribution in [3.05, 3.63) is 28.5 Å². The van der Waals surface area contributed by atoms with E-state index in [4.69, 9.17) is 0 Å². The average Bonchev–Trinajstić information content (AvgIpc) is 2.29. The van der Waals surface area contributed by atoms with Gasteiger partial charge in [-0.05, 0) is 28.1 Å². The number of hydrogen-bond acceptors (Lipinski definition) is 3. The molecular formula is C10H10BrN3O2. The number of pyridine rings is 1. The standard InChI is InChI=1S/C10H10BrN3O2/c11-7-1-2-8(13-5-7)10(16)14-4-3-12-9(15)6-14/h1-2,5H,3-4,6H2,(H,12,15). The van der Waals surface area contributed by atoms with Gasteiger partial charge in [0.25, 0.3) is 5.91 Å². The maximum absolute atomic E-state index is 11.9. The topological polar surface area (TPSA) is 62.3 Å². The monoisotopic (exact) mass is 283 g/mol. The Morgan fingerprint density at radius 3 is 2.94 bits per heavy atom. The molecule has 16 heavy (non-hydrogen) atoms. The van der Waals surface area contributed by atoms with E-state index in [-0.39, 0.29) is 18.4 Å². The Morgan fingerprint density at radius 2 is 2.31 bits per heavy atom. The molecule has 0 unspecified atom stereocenters. The first-order valence-electron chi connectivity index (χ1n) is 4.84. The normalized spacial score (nSPS) is 15.8. The Kier molecular flexibility index (Phi) is 3.19. The summed E-state index contributed by atoms with van der Waals surface area (Å²) in [4.78, 5) is 28.6. The second kappa shape index (κ2) is 4.61. The molecular weight excluding hydrogens is 274 g/mol. The minimum Gasteiger partial charge on any atom is -0.353 e. The summed E-state index contributed by atoms with van der Waals surface area (Å²) in [7, 11) is 0. The van der Waals surface area contributed by atoms with Gasteiger partial charge in [-0.3, -0.25) is 9.59 Å². The third-order valence-corrected chi connectivity index (χ3v) is 2.74.